The summed E-state index contributed by atoms with van der Waals surface area (Å²) in [4.78, 5) is 24.3. The first-order chi connectivity index (χ1) is 14.8. The maximum absolute atomic E-state index is 12.8. The number of hydrogen-bond donors (Lipinski definition) is 3. The normalized spacial score (nSPS) is 10.9. The topological polar surface area (TPSA) is 139 Å². The first-order valence-corrected chi connectivity index (χ1v) is 10.5. The van der Waals surface area contributed by atoms with Crippen molar-refractivity contribution < 1.29 is 27.5 Å². The molecule has 0 fully saturated rings. The van der Waals surface area contributed by atoms with Crippen LogP contribution in [-0.2, 0) is 14.8 Å². The summed E-state index contributed by atoms with van der Waals surface area (Å²) in [6, 6.07) is 12.0. The van der Waals surface area contributed by atoms with Crippen LogP contribution in [0.15, 0.2) is 53.4 Å². The van der Waals surface area contributed by atoms with E-state index < -0.39 is 21.9 Å². The molecule has 0 aliphatic heterocycles. The van der Waals surface area contributed by atoms with Gasteiger partial charge >= 0.3 is 5.97 Å². The van der Waals surface area contributed by atoms with Gasteiger partial charge in [0.25, 0.3) is 15.9 Å². The summed E-state index contributed by atoms with van der Waals surface area (Å²) in [6.45, 7) is 1.59. The van der Waals surface area contributed by atoms with Gasteiger partial charge in [-0.2, -0.15) is 5.10 Å². The number of amides is 1. The number of nitrogens with one attached hydrogen (secondary N) is 3. The van der Waals surface area contributed by atoms with E-state index in [4.69, 9.17) is 4.74 Å². The van der Waals surface area contributed by atoms with Crippen molar-refractivity contribution in [2.45, 2.75) is 11.8 Å². The number of anilines is 2. The Balaban J connectivity index is 1.86. The molecule has 0 saturated heterocycles. The van der Waals surface area contributed by atoms with Crippen molar-refractivity contribution >= 4 is 33.4 Å². The van der Waals surface area contributed by atoms with Gasteiger partial charge in [0.1, 0.15) is 11.3 Å². The van der Waals surface area contributed by atoms with Crippen molar-refractivity contribution in [2.75, 3.05) is 24.3 Å². The van der Waals surface area contributed by atoms with E-state index in [0.29, 0.717) is 17.1 Å². The van der Waals surface area contributed by atoms with Gasteiger partial charge in [-0.05, 0) is 43.3 Å². The molecule has 3 rings (SSSR count). The average Bonchev–Trinajstić information content (AvgIpc) is 3.12. The molecule has 0 bridgehead atoms. The number of nitrogens with zero attached hydrogens (tertiary/aromatic N) is 1. The summed E-state index contributed by atoms with van der Waals surface area (Å²) in [7, 11) is -1.38. The van der Waals surface area contributed by atoms with Crippen LogP contribution in [0.3, 0.4) is 0 Å². The number of rotatable bonds is 7. The number of carbonyl (C=O) groups excluding carboxylic acids is 2. The highest BCUT2D eigenvalue weighted by atomic mass is 32.2. The van der Waals surface area contributed by atoms with Crippen molar-refractivity contribution in [2.24, 2.45) is 0 Å². The third-order valence-electron chi connectivity index (χ3n) is 4.35. The number of esters is 1. The molecule has 3 N–H and O–H groups in total. The summed E-state index contributed by atoms with van der Waals surface area (Å²) in [5, 5.41) is 9.20. The minimum atomic E-state index is -4.08. The molecule has 162 valence electrons. The fraction of sp³-hybridized carbons (Fsp3) is 0.150. The summed E-state index contributed by atoms with van der Waals surface area (Å²) in [6.07, 6.45) is 0. The second-order valence-corrected chi connectivity index (χ2v) is 8.03. The van der Waals surface area contributed by atoms with Crippen LogP contribution in [0.25, 0.3) is 0 Å². The van der Waals surface area contributed by atoms with Gasteiger partial charge < -0.3 is 14.8 Å². The van der Waals surface area contributed by atoms with Crippen LogP contribution in [0.1, 0.15) is 26.4 Å². The molecule has 0 radical (unpaired) electrons. The Labute approximate surface area is 178 Å². The number of aromatic nitrogens is 2. The molecule has 0 aliphatic rings. The van der Waals surface area contributed by atoms with Crippen LogP contribution in [0.4, 0.5) is 11.5 Å². The largest absolute Gasteiger partial charge is 0.495 e. The van der Waals surface area contributed by atoms with E-state index in [0.717, 1.165) is 0 Å². The molecule has 2 aromatic carbocycles. The first kappa shape index (κ1) is 21.8. The zero-order chi connectivity index (χ0) is 22.6. The molecule has 0 saturated carbocycles. The first-order valence-electron chi connectivity index (χ1n) is 8.97. The third kappa shape index (κ3) is 4.67. The van der Waals surface area contributed by atoms with Crippen molar-refractivity contribution in [3.63, 3.8) is 0 Å². The highest BCUT2D eigenvalue weighted by Gasteiger charge is 2.24. The lowest BCUT2D eigenvalue weighted by Gasteiger charge is -2.11. The van der Waals surface area contributed by atoms with Crippen LogP contribution in [0, 0.1) is 6.92 Å². The quantitative estimate of drug-likeness (QED) is 0.476. The predicted octanol–water partition coefficient (Wildman–Crippen LogP) is 2.57. The molecule has 0 spiro atoms. The van der Waals surface area contributed by atoms with Crippen molar-refractivity contribution in [3.8, 4) is 5.75 Å². The summed E-state index contributed by atoms with van der Waals surface area (Å²) >= 11 is 0. The number of para-hydroxylation sites is 2. The highest BCUT2D eigenvalue weighted by molar-refractivity contribution is 7.92. The molecular weight excluding hydrogens is 424 g/mol. The molecule has 0 atom stereocenters. The number of aromatic amines is 1. The molecule has 3 aromatic rings. The number of carbonyl (C=O) groups is 2. The Morgan fingerprint density at radius 2 is 1.71 bits per heavy atom. The van der Waals surface area contributed by atoms with E-state index in [1.807, 2.05) is 0 Å². The van der Waals surface area contributed by atoms with Gasteiger partial charge in [-0.1, -0.05) is 12.1 Å². The molecule has 31 heavy (non-hydrogen) atoms. The van der Waals surface area contributed by atoms with Gasteiger partial charge in [0, 0.05) is 5.69 Å². The van der Waals surface area contributed by atoms with E-state index >= 15 is 0 Å². The van der Waals surface area contributed by atoms with Crippen LogP contribution >= 0.6 is 0 Å². The molecule has 0 aliphatic carbocycles. The van der Waals surface area contributed by atoms with E-state index in [9.17, 15) is 18.0 Å². The lowest BCUT2D eigenvalue weighted by molar-refractivity contribution is 0.0600. The second-order valence-electron chi connectivity index (χ2n) is 6.35. The number of ether oxygens (including phenoxy) is 2. The van der Waals surface area contributed by atoms with Crippen molar-refractivity contribution in [1.82, 2.24) is 10.2 Å². The maximum Gasteiger partial charge on any atom is 0.337 e. The van der Waals surface area contributed by atoms with E-state index in [1.165, 1.54) is 38.5 Å². The minimum Gasteiger partial charge on any atom is -0.495 e. The Hall–Kier alpha value is -3.86. The van der Waals surface area contributed by atoms with Crippen LogP contribution in [-0.4, -0.2) is 44.7 Å². The van der Waals surface area contributed by atoms with E-state index in [1.54, 1.807) is 31.2 Å². The van der Waals surface area contributed by atoms with E-state index in [2.05, 4.69) is 25.0 Å². The molecule has 1 heterocycles. The van der Waals surface area contributed by atoms with Gasteiger partial charge in [-0.15, -0.1) is 0 Å². The lowest BCUT2D eigenvalue weighted by atomic mass is 10.2. The number of sulfonamides is 1. The summed E-state index contributed by atoms with van der Waals surface area (Å²) in [5.74, 6) is -0.878. The summed E-state index contributed by atoms with van der Waals surface area (Å²) < 4.78 is 37.6. The highest BCUT2D eigenvalue weighted by Crippen LogP contribution is 2.26. The Bertz CT molecular complexity index is 1220. The van der Waals surface area contributed by atoms with Crippen molar-refractivity contribution in [3.05, 3.63) is 65.4 Å². The maximum atomic E-state index is 12.8. The third-order valence-corrected chi connectivity index (χ3v) is 5.70. The number of H-pyrrole nitrogens is 1. The van der Waals surface area contributed by atoms with Crippen LogP contribution in [0.5, 0.6) is 5.75 Å². The average molecular weight is 444 g/mol. The standard InChI is InChI=1S/C20H20N4O6S/c1-12-17(19(25)21-15-6-4-5-7-16(15)29-2)18(23-22-12)24-31(27,28)14-10-8-13(9-11-14)20(26)30-3/h4-11H,1-3H3,(H,21,25)(H2,22,23,24). The fourth-order valence-corrected chi connectivity index (χ4v) is 3.80. The molecule has 10 nitrogen and oxygen atoms in total. The SMILES string of the molecule is COC(=O)c1ccc(S(=O)(=O)Nc2n[nH]c(C)c2C(=O)Nc2ccccc2OC)cc1. The zero-order valence-corrected chi connectivity index (χ0v) is 17.7. The monoisotopic (exact) mass is 444 g/mol. The van der Waals surface area contributed by atoms with Gasteiger partial charge in [0.15, 0.2) is 5.82 Å². The Kier molecular flexibility index (Phi) is 6.25. The number of aryl methyl sites for hydroxylation is 1. The lowest BCUT2D eigenvalue weighted by Crippen LogP contribution is -2.19. The Morgan fingerprint density at radius 3 is 2.35 bits per heavy atom. The van der Waals surface area contributed by atoms with Crippen LogP contribution < -0.4 is 14.8 Å². The van der Waals surface area contributed by atoms with Gasteiger partial charge in [0.2, 0.25) is 0 Å². The van der Waals surface area contributed by atoms with Crippen LogP contribution in [0.2, 0.25) is 0 Å². The van der Waals surface area contributed by atoms with Gasteiger partial charge in [-0.3, -0.25) is 14.6 Å². The summed E-state index contributed by atoms with van der Waals surface area (Å²) in [5.41, 5.74) is 1.02. The number of benzene rings is 2. The molecule has 11 heteroatoms. The second kappa shape index (κ2) is 8.88. The fourth-order valence-electron chi connectivity index (χ4n) is 2.79. The Morgan fingerprint density at radius 1 is 1.03 bits per heavy atom. The minimum absolute atomic E-state index is 0.0284. The zero-order valence-electron chi connectivity index (χ0n) is 16.9. The molecule has 1 aromatic heterocycles. The number of methoxy groups -OCH3 is 2. The number of hydrogen-bond acceptors (Lipinski definition) is 7. The van der Waals surface area contributed by atoms with Crippen molar-refractivity contribution in [1.29, 1.82) is 0 Å². The predicted molar refractivity (Wildman–Crippen MR) is 113 cm³/mol. The van der Waals surface area contributed by atoms with Gasteiger partial charge in [0.05, 0.1) is 30.4 Å². The molecule has 1 amide bonds. The van der Waals surface area contributed by atoms with Gasteiger partial charge in [-0.25, -0.2) is 13.2 Å². The molecular formula is C20H20N4O6S. The molecule has 0 unspecified atom stereocenters. The van der Waals surface area contributed by atoms with E-state index in [-0.39, 0.29) is 21.8 Å². The smallest absolute Gasteiger partial charge is 0.337 e.